The van der Waals surface area contributed by atoms with Crippen LogP contribution >= 0.6 is 0 Å². The minimum absolute atomic E-state index is 0.0545. The Kier molecular flexibility index (Phi) is 5.84. The normalized spacial score (nSPS) is 14.8. The van der Waals surface area contributed by atoms with Crippen LogP contribution in [0.4, 0.5) is 0 Å². The molecule has 6 aromatic carbocycles. The zero-order valence-corrected chi connectivity index (χ0v) is 27.5. The fourth-order valence-electron chi connectivity index (χ4n) is 8.35. The van der Waals surface area contributed by atoms with Gasteiger partial charge in [-0.3, -0.25) is 0 Å². The van der Waals surface area contributed by atoms with Gasteiger partial charge in [0.1, 0.15) is 0 Å². The van der Waals surface area contributed by atoms with E-state index in [9.17, 15) is 0 Å². The lowest BCUT2D eigenvalue weighted by Crippen LogP contribution is -2.17. The molecule has 7 aromatic rings. The monoisotopic (exact) mass is 604 g/mol. The topological polar surface area (TPSA) is 25.8 Å². The molecule has 0 saturated heterocycles. The van der Waals surface area contributed by atoms with Gasteiger partial charge in [-0.05, 0) is 80.4 Å². The lowest BCUT2D eigenvalue weighted by atomic mass is 9.79. The number of aromatic nitrogens is 2. The molecule has 2 aliphatic carbocycles. The maximum absolute atomic E-state index is 5.36. The minimum atomic E-state index is -0.199. The fraction of sp³-hybridized carbons (Fsp3) is 0.156. The second kappa shape index (κ2) is 9.83. The Morgan fingerprint density at radius 3 is 1.57 bits per heavy atom. The van der Waals surface area contributed by atoms with Gasteiger partial charge >= 0.3 is 0 Å². The summed E-state index contributed by atoms with van der Waals surface area (Å²) in [6, 6.07) is 46.2. The Balaban J connectivity index is 1.33. The molecular formula is C45H36N2. The second-order valence-corrected chi connectivity index (χ2v) is 14.2. The Bertz CT molecular complexity index is 2340. The fourth-order valence-corrected chi connectivity index (χ4v) is 8.35. The molecule has 226 valence electrons. The van der Waals surface area contributed by atoms with Crippen LogP contribution in [0.5, 0.6) is 0 Å². The number of rotatable bonds is 3. The van der Waals surface area contributed by atoms with Crippen molar-refractivity contribution in [3.8, 4) is 56.2 Å². The molecule has 9 rings (SSSR count). The number of fused-ring (bicyclic) bond motifs is 8. The standard InChI is InChI=1S/C45H36N2/c1-27-41(28-16-8-6-9-17-28)46-43(47-42(27)29-18-10-7-11-19-29)34-25-39-40(32-22-13-12-20-30(32)34)35-26-37-33(24-38(35)45(39,4)5)31-21-14-15-23-36(31)44(37,2)3/h6-26H,1-5H3. The molecule has 2 nitrogen and oxygen atoms in total. The summed E-state index contributed by atoms with van der Waals surface area (Å²) >= 11 is 0. The van der Waals surface area contributed by atoms with Gasteiger partial charge in [0.25, 0.3) is 0 Å². The Morgan fingerprint density at radius 2 is 0.915 bits per heavy atom. The highest BCUT2D eigenvalue weighted by Gasteiger charge is 2.42. The molecule has 2 aliphatic rings. The van der Waals surface area contributed by atoms with Crippen LogP contribution in [0.1, 0.15) is 55.5 Å². The zero-order chi connectivity index (χ0) is 32.1. The van der Waals surface area contributed by atoms with E-state index in [-0.39, 0.29) is 10.8 Å². The number of nitrogens with zero attached hydrogens (tertiary/aromatic N) is 2. The minimum Gasteiger partial charge on any atom is -0.228 e. The van der Waals surface area contributed by atoms with Crippen molar-refractivity contribution in [1.29, 1.82) is 0 Å². The molecule has 0 saturated carbocycles. The highest BCUT2D eigenvalue weighted by Crippen LogP contribution is 2.58. The highest BCUT2D eigenvalue weighted by atomic mass is 14.9. The predicted molar refractivity (Wildman–Crippen MR) is 196 cm³/mol. The van der Waals surface area contributed by atoms with E-state index in [1.54, 1.807) is 0 Å². The average Bonchev–Trinajstić information content (AvgIpc) is 3.47. The molecule has 0 bridgehead atoms. The third-order valence-corrected chi connectivity index (χ3v) is 10.9. The summed E-state index contributed by atoms with van der Waals surface area (Å²) in [6.45, 7) is 11.7. The van der Waals surface area contributed by atoms with Gasteiger partial charge in [0, 0.05) is 33.1 Å². The smallest absolute Gasteiger partial charge is 0.161 e. The zero-order valence-electron chi connectivity index (χ0n) is 27.5. The van der Waals surface area contributed by atoms with Crippen LogP contribution in [0, 0.1) is 6.92 Å². The molecule has 47 heavy (non-hydrogen) atoms. The second-order valence-electron chi connectivity index (χ2n) is 14.2. The van der Waals surface area contributed by atoms with Crippen LogP contribution in [0.25, 0.3) is 66.9 Å². The molecule has 0 fully saturated rings. The van der Waals surface area contributed by atoms with E-state index in [1.807, 2.05) is 0 Å². The molecule has 0 amide bonds. The SMILES string of the molecule is Cc1c(-c2ccccc2)nc(-c2cc3c(c4ccccc24)-c2cc4c(cc2C3(C)C)-c2ccccc2C4(C)C)nc1-c1ccccc1. The van der Waals surface area contributed by atoms with E-state index in [2.05, 4.69) is 162 Å². The van der Waals surface area contributed by atoms with Crippen molar-refractivity contribution in [3.05, 3.63) is 155 Å². The number of hydrogen-bond donors (Lipinski definition) is 0. The van der Waals surface area contributed by atoms with Crippen molar-refractivity contribution < 1.29 is 0 Å². The Morgan fingerprint density at radius 1 is 0.426 bits per heavy atom. The van der Waals surface area contributed by atoms with Crippen molar-refractivity contribution >= 4 is 10.8 Å². The average molecular weight is 605 g/mol. The van der Waals surface area contributed by atoms with Crippen LogP contribution in [0.2, 0.25) is 0 Å². The molecule has 0 radical (unpaired) electrons. The van der Waals surface area contributed by atoms with Crippen molar-refractivity contribution in [2.24, 2.45) is 0 Å². The predicted octanol–water partition coefficient (Wildman–Crippen LogP) is 11.6. The number of hydrogen-bond acceptors (Lipinski definition) is 2. The van der Waals surface area contributed by atoms with Crippen LogP contribution < -0.4 is 0 Å². The molecule has 2 heteroatoms. The van der Waals surface area contributed by atoms with Gasteiger partial charge in [-0.15, -0.1) is 0 Å². The van der Waals surface area contributed by atoms with Gasteiger partial charge in [-0.2, -0.15) is 0 Å². The first-order valence-corrected chi connectivity index (χ1v) is 16.6. The van der Waals surface area contributed by atoms with Crippen molar-refractivity contribution in [2.75, 3.05) is 0 Å². The molecule has 0 atom stereocenters. The molecule has 1 heterocycles. The maximum Gasteiger partial charge on any atom is 0.161 e. The lowest BCUT2D eigenvalue weighted by molar-refractivity contribution is 0.652. The molecule has 1 aromatic heterocycles. The van der Waals surface area contributed by atoms with Crippen LogP contribution in [0.15, 0.2) is 127 Å². The van der Waals surface area contributed by atoms with Crippen LogP contribution in [0.3, 0.4) is 0 Å². The third-order valence-electron chi connectivity index (χ3n) is 10.9. The molecule has 0 unspecified atom stereocenters. The summed E-state index contributed by atoms with van der Waals surface area (Å²) in [5.74, 6) is 0.761. The van der Waals surface area contributed by atoms with E-state index >= 15 is 0 Å². The largest absolute Gasteiger partial charge is 0.228 e. The maximum atomic E-state index is 5.36. The summed E-state index contributed by atoms with van der Waals surface area (Å²) in [4.78, 5) is 10.7. The van der Waals surface area contributed by atoms with Gasteiger partial charge < -0.3 is 0 Å². The van der Waals surface area contributed by atoms with Crippen molar-refractivity contribution in [3.63, 3.8) is 0 Å². The van der Waals surface area contributed by atoms with Crippen molar-refractivity contribution in [1.82, 2.24) is 9.97 Å². The first-order valence-electron chi connectivity index (χ1n) is 16.6. The van der Waals surface area contributed by atoms with Gasteiger partial charge in [0.15, 0.2) is 5.82 Å². The summed E-state index contributed by atoms with van der Waals surface area (Å²) in [7, 11) is 0. The first-order chi connectivity index (χ1) is 22.7. The summed E-state index contributed by atoms with van der Waals surface area (Å²) in [5.41, 5.74) is 17.0. The van der Waals surface area contributed by atoms with Crippen molar-refractivity contribution in [2.45, 2.75) is 45.4 Å². The lowest BCUT2D eigenvalue weighted by Gasteiger charge is -2.24. The molecule has 0 aliphatic heterocycles. The quantitative estimate of drug-likeness (QED) is 0.200. The van der Waals surface area contributed by atoms with Crippen LogP contribution in [-0.2, 0) is 10.8 Å². The van der Waals surface area contributed by atoms with Gasteiger partial charge in [-0.25, -0.2) is 9.97 Å². The number of benzene rings is 6. The molecule has 0 spiro atoms. The highest BCUT2D eigenvalue weighted by molar-refractivity contribution is 6.09. The molecular weight excluding hydrogens is 569 g/mol. The summed E-state index contributed by atoms with van der Waals surface area (Å²) in [6.07, 6.45) is 0. The van der Waals surface area contributed by atoms with Gasteiger partial charge in [0.05, 0.1) is 11.4 Å². The Labute approximate surface area is 276 Å². The van der Waals surface area contributed by atoms with E-state index in [0.29, 0.717) is 0 Å². The van der Waals surface area contributed by atoms with E-state index in [1.165, 1.54) is 55.3 Å². The summed E-state index contributed by atoms with van der Waals surface area (Å²) in [5, 5.41) is 2.44. The van der Waals surface area contributed by atoms with E-state index in [4.69, 9.17) is 9.97 Å². The Hall–Kier alpha value is -5.34. The van der Waals surface area contributed by atoms with Gasteiger partial charge in [-0.1, -0.05) is 137 Å². The third kappa shape index (κ3) is 3.91. The first kappa shape index (κ1) is 27.9. The van der Waals surface area contributed by atoms with E-state index < -0.39 is 0 Å². The molecule has 0 N–H and O–H groups in total. The van der Waals surface area contributed by atoms with E-state index in [0.717, 1.165) is 39.5 Å². The summed E-state index contributed by atoms with van der Waals surface area (Å²) < 4.78 is 0. The van der Waals surface area contributed by atoms with Gasteiger partial charge in [0.2, 0.25) is 0 Å². The van der Waals surface area contributed by atoms with Crippen LogP contribution in [-0.4, -0.2) is 9.97 Å².